The van der Waals surface area contributed by atoms with Crippen LogP contribution in [0, 0.1) is 5.92 Å². The second-order valence-electron chi connectivity index (χ2n) is 5.45. The van der Waals surface area contributed by atoms with E-state index >= 15 is 0 Å². The third-order valence-electron chi connectivity index (χ3n) is 3.78. The number of carbonyl (C=O) groups excluding carboxylic acids is 2. The van der Waals surface area contributed by atoms with Gasteiger partial charge in [0.05, 0.1) is 11.9 Å². The van der Waals surface area contributed by atoms with Crippen LogP contribution in [-0.2, 0) is 9.59 Å². The Morgan fingerprint density at radius 1 is 1.33 bits per heavy atom. The van der Waals surface area contributed by atoms with Crippen LogP contribution in [-0.4, -0.2) is 29.4 Å². The molecule has 0 aliphatic heterocycles. The topological polar surface area (TPSA) is 97.1 Å². The van der Waals surface area contributed by atoms with Crippen LogP contribution in [0.15, 0.2) is 24.5 Å². The van der Waals surface area contributed by atoms with Gasteiger partial charge >= 0.3 is 0 Å². The van der Waals surface area contributed by atoms with Crippen LogP contribution in [0.5, 0.6) is 0 Å². The number of anilines is 1. The number of pyridine rings is 1. The van der Waals surface area contributed by atoms with Gasteiger partial charge in [-0.2, -0.15) is 0 Å². The van der Waals surface area contributed by atoms with Crippen LogP contribution >= 0.6 is 0 Å². The smallest absolute Gasteiger partial charge is 0.226 e. The van der Waals surface area contributed by atoms with Gasteiger partial charge in [-0.25, -0.2) is 0 Å². The summed E-state index contributed by atoms with van der Waals surface area (Å²) in [6.45, 7) is 0.340. The molecule has 1 aromatic heterocycles. The van der Waals surface area contributed by atoms with Crippen LogP contribution in [0.4, 0.5) is 5.69 Å². The highest BCUT2D eigenvalue weighted by Crippen LogP contribution is 2.26. The fourth-order valence-electron chi connectivity index (χ4n) is 2.60. The number of nitrogens with two attached hydrogens (primary N) is 1. The summed E-state index contributed by atoms with van der Waals surface area (Å²) in [4.78, 5) is 27.4. The first-order valence-corrected chi connectivity index (χ1v) is 7.37. The molecular weight excluding hydrogens is 268 g/mol. The minimum absolute atomic E-state index is 0.0217. The molecule has 6 nitrogen and oxygen atoms in total. The Kier molecular flexibility index (Phi) is 5.68. The maximum Gasteiger partial charge on any atom is 0.226 e. The predicted molar refractivity (Wildman–Crippen MR) is 80.4 cm³/mol. The summed E-state index contributed by atoms with van der Waals surface area (Å²) in [5, 5.41) is 5.50. The Morgan fingerprint density at radius 3 is 2.86 bits per heavy atom. The fourth-order valence-corrected chi connectivity index (χ4v) is 2.60. The van der Waals surface area contributed by atoms with Crippen LogP contribution in [0.1, 0.15) is 32.1 Å². The van der Waals surface area contributed by atoms with Gasteiger partial charge in [-0.05, 0) is 30.9 Å². The molecule has 0 aromatic carbocycles. The van der Waals surface area contributed by atoms with Crippen molar-refractivity contribution < 1.29 is 9.59 Å². The van der Waals surface area contributed by atoms with E-state index in [-0.39, 0.29) is 30.2 Å². The average Bonchev–Trinajstić information content (AvgIpc) is 2.85. The van der Waals surface area contributed by atoms with Gasteiger partial charge in [0.1, 0.15) is 0 Å². The Morgan fingerprint density at radius 2 is 2.19 bits per heavy atom. The quantitative estimate of drug-likeness (QED) is 0.729. The molecule has 2 atom stereocenters. The molecule has 0 saturated heterocycles. The van der Waals surface area contributed by atoms with Gasteiger partial charge in [-0.1, -0.05) is 6.42 Å². The molecule has 1 aliphatic rings. The molecule has 1 fully saturated rings. The van der Waals surface area contributed by atoms with E-state index in [4.69, 9.17) is 5.73 Å². The van der Waals surface area contributed by atoms with Crippen LogP contribution in [0.2, 0.25) is 0 Å². The van der Waals surface area contributed by atoms with Crippen LogP contribution in [0.3, 0.4) is 0 Å². The molecule has 1 aromatic rings. The number of nitrogens with one attached hydrogen (secondary N) is 2. The zero-order chi connectivity index (χ0) is 15.1. The highest BCUT2D eigenvalue weighted by molar-refractivity contribution is 5.90. The van der Waals surface area contributed by atoms with Crippen LogP contribution in [0.25, 0.3) is 0 Å². The van der Waals surface area contributed by atoms with Gasteiger partial charge < -0.3 is 16.4 Å². The second kappa shape index (κ2) is 7.73. The molecule has 1 heterocycles. The summed E-state index contributed by atoms with van der Waals surface area (Å²) in [6.07, 6.45) is 7.07. The van der Waals surface area contributed by atoms with Gasteiger partial charge in [0, 0.05) is 31.6 Å². The summed E-state index contributed by atoms with van der Waals surface area (Å²) in [5.74, 6) is 0.126. The lowest BCUT2D eigenvalue weighted by molar-refractivity contribution is -0.122. The maximum atomic E-state index is 11.8. The SMILES string of the molecule is N[C@@H]1CCC[C@H]1CC(=O)NCCC(=O)Nc1cccnc1. The highest BCUT2D eigenvalue weighted by atomic mass is 16.2. The summed E-state index contributed by atoms with van der Waals surface area (Å²) >= 11 is 0. The van der Waals surface area contributed by atoms with Gasteiger partial charge in [-0.15, -0.1) is 0 Å². The van der Waals surface area contributed by atoms with E-state index in [9.17, 15) is 9.59 Å². The number of nitrogens with zero attached hydrogens (tertiary/aromatic N) is 1. The summed E-state index contributed by atoms with van der Waals surface area (Å²) in [6, 6.07) is 3.66. The first-order chi connectivity index (χ1) is 10.1. The lowest BCUT2D eigenvalue weighted by Crippen LogP contribution is -2.33. The van der Waals surface area contributed by atoms with Crippen molar-refractivity contribution in [3.05, 3.63) is 24.5 Å². The number of aromatic nitrogens is 1. The molecule has 114 valence electrons. The van der Waals surface area contributed by atoms with E-state index in [1.165, 1.54) is 0 Å². The number of carbonyl (C=O) groups is 2. The third-order valence-corrected chi connectivity index (χ3v) is 3.78. The molecule has 2 rings (SSSR count). The van der Waals surface area contributed by atoms with Gasteiger partial charge in [0.15, 0.2) is 0 Å². The molecule has 21 heavy (non-hydrogen) atoms. The van der Waals surface area contributed by atoms with Gasteiger partial charge in [-0.3, -0.25) is 14.6 Å². The minimum Gasteiger partial charge on any atom is -0.356 e. The van der Waals surface area contributed by atoms with E-state index < -0.39 is 0 Å². The monoisotopic (exact) mass is 290 g/mol. The summed E-state index contributed by atoms with van der Waals surface area (Å²) in [7, 11) is 0. The number of hydrogen-bond donors (Lipinski definition) is 3. The van der Waals surface area contributed by atoms with E-state index in [1.807, 2.05) is 0 Å². The van der Waals surface area contributed by atoms with E-state index in [2.05, 4.69) is 15.6 Å². The zero-order valence-corrected chi connectivity index (χ0v) is 12.0. The second-order valence-corrected chi connectivity index (χ2v) is 5.45. The van der Waals surface area contributed by atoms with Gasteiger partial charge in [0.2, 0.25) is 11.8 Å². The van der Waals surface area contributed by atoms with E-state index in [0.29, 0.717) is 18.7 Å². The van der Waals surface area contributed by atoms with Crippen molar-refractivity contribution in [1.29, 1.82) is 0 Å². The average molecular weight is 290 g/mol. The molecule has 0 bridgehead atoms. The third kappa shape index (κ3) is 5.15. The first-order valence-electron chi connectivity index (χ1n) is 7.37. The fraction of sp³-hybridized carbons (Fsp3) is 0.533. The number of hydrogen-bond acceptors (Lipinski definition) is 4. The van der Waals surface area contributed by atoms with Crippen molar-refractivity contribution >= 4 is 17.5 Å². The molecular formula is C15H22N4O2. The van der Waals surface area contributed by atoms with Crippen LogP contribution < -0.4 is 16.4 Å². The molecule has 6 heteroatoms. The Labute approximate surface area is 124 Å². The lowest BCUT2D eigenvalue weighted by Gasteiger charge is -2.14. The largest absolute Gasteiger partial charge is 0.356 e. The van der Waals surface area contributed by atoms with Crippen molar-refractivity contribution in [2.75, 3.05) is 11.9 Å². The van der Waals surface area contributed by atoms with Crippen molar-refractivity contribution in [1.82, 2.24) is 10.3 Å². The maximum absolute atomic E-state index is 11.8. The van der Waals surface area contributed by atoms with Crippen molar-refractivity contribution in [3.8, 4) is 0 Å². The summed E-state index contributed by atoms with van der Waals surface area (Å²) < 4.78 is 0. The zero-order valence-electron chi connectivity index (χ0n) is 12.0. The minimum atomic E-state index is -0.138. The molecule has 1 aliphatic carbocycles. The predicted octanol–water partition coefficient (Wildman–Crippen LogP) is 1.04. The van der Waals surface area contributed by atoms with E-state index in [1.54, 1.807) is 24.5 Å². The summed E-state index contributed by atoms with van der Waals surface area (Å²) in [5.41, 5.74) is 6.60. The molecule has 0 spiro atoms. The lowest BCUT2D eigenvalue weighted by atomic mass is 10.00. The Balaban J connectivity index is 1.62. The number of amides is 2. The van der Waals surface area contributed by atoms with Gasteiger partial charge in [0.25, 0.3) is 0 Å². The molecule has 0 unspecified atom stereocenters. The first kappa shape index (κ1) is 15.4. The molecule has 4 N–H and O–H groups in total. The molecule has 0 radical (unpaired) electrons. The Hall–Kier alpha value is -1.95. The standard InChI is InChI=1S/C15H22N4O2/c16-13-5-1-3-11(13)9-15(21)18-8-6-14(20)19-12-4-2-7-17-10-12/h2,4,7,10-11,13H,1,3,5-6,8-9,16H2,(H,18,21)(H,19,20)/t11-,13+/m0/s1. The number of rotatable bonds is 6. The van der Waals surface area contributed by atoms with E-state index in [0.717, 1.165) is 19.3 Å². The van der Waals surface area contributed by atoms with Crippen molar-refractivity contribution in [2.45, 2.75) is 38.1 Å². The molecule has 2 amide bonds. The van der Waals surface area contributed by atoms with Crippen molar-refractivity contribution in [2.24, 2.45) is 11.7 Å². The molecule has 1 saturated carbocycles. The Bertz CT molecular complexity index is 478. The highest BCUT2D eigenvalue weighted by Gasteiger charge is 2.25. The normalized spacial score (nSPS) is 21.0. The van der Waals surface area contributed by atoms with Crippen molar-refractivity contribution in [3.63, 3.8) is 0 Å².